The largest absolute Gasteiger partial charge is 0.444 e. The van der Waals surface area contributed by atoms with Gasteiger partial charge < -0.3 is 20.3 Å². The smallest absolute Gasteiger partial charge is 0.407 e. The number of hydrogen-bond donors (Lipinski definition) is 2. The second-order valence-electron chi connectivity index (χ2n) is 7.01. The number of ether oxygens (including phenoxy) is 1. The van der Waals surface area contributed by atoms with Crippen LogP contribution < -0.4 is 10.6 Å². The van der Waals surface area contributed by atoms with Crippen LogP contribution in [0.15, 0.2) is 0 Å². The summed E-state index contributed by atoms with van der Waals surface area (Å²) in [4.78, 5) is 14.1. The van der Waals surface area contributed by atoms with Crippen LogP contribution in [0.5, 0.6) is 0 Å². The van der Waals surface area contributed by atoms with Crippen molar-refractivity contribution in [1.29, 1.82) is 0 Å². The summed E-state index contributed by atoms with van der Waals surface area (Å²) in [7, 11) is 0. The maximum absolute atomic E-state index is 11.4. The third-order valence-electron chi connectivity index (χ3n) is 3.78. The van der Waals surface area contributed by atoms with Gasteiger partial charge in [-0.2, -0.15) is 0 Å². The summed E-state index contributed by atoms with van der Waals surface area (Å²) in [5.41, 5.74) is -0.423. The molecular formula is C15H29N3O2. The van der Waals surface area contributed by atoms with Gasteiger partial charge in [0.05, 0.1) is 0 Å². The molecule has 1 aliphatic carbocycles. The first-order valence-electron chi connectivity index (χ1n) is 7.85. The fourth-order valence-corrected chi connectivity index (χ4v) is 2.67. The predicted molar refractivity (Wildman–Crippen MR) is 79.8 cm³/mol. The van der Waals surface area contributed by atoms with E-state index in [4.69, 9.17) is 4.74 Å². The van der Waals surface area contributed by atoms with Gasteiger partial charge in [-0.3, -0.25) is 0 Å². The number of amides is 1. The summed E-state index contributed by atoms with van der Waals surface area (Å²) in [6.07, 6.45) is 3.78. The Bertz CT molecular complexity index is 324. The van der Waals surface area contributed by atoms with Crippen molar-refractivity contribution < 1.29 is 9.53 Å². The molecule has 1 saturated carbocycles. The van der Waals surface area contributed by atoms with Gasteiger partial charge in [-0.05, 0) is 59.0 Å². The molecule has 0 aromatic rings. The number of nitrogens with one attached hydrogen (secondary N) is 2. The molecule has 1 aliphatic heterocycles. The summed E-state index contributed by atoms with van der Waals surface area (Å²) in [6, 6.07) is 0.897. The van der Waals surface area contributed by atoms with Crippen molar-refractivity contribution in [3.63, 3.8) is 0 Å². The normalized spacial score (nSPS) is 23.9. The highest BCUT2D eigenvalue weighted by molar-refractivity contribution is 5.67. The minimum Gasteiger partial charge on any atom is -0.444 e. The molecule has 2 N–H and O–H groups in total. The number of alkyl carbamates (subject to hydrolysis) is 1. The van der Waals surface area contributed by atoms with Gasteiger partial charge >= 0.3 is 6.09 Å². The number of likely N-dealkylation sites (tertiary alicyclic amines) is 1. The van der Waals surface area contributed by atoms with Gasteiger partial charge in [0.15, 0.2) is 0 Å². The molecule has 0 aromatic heterocycles. The maximum atomic E-state index is 11.4. The van der Waals surface area contributed by atoms with Crippen molar-refractivity contribution in [3.8, 4) is 0 Å². The predicted octanol–water partition coefficient (Wildman–Crippen LogP) is 1.58. The Labute approximate surface area is 122 Å². The second kappa shape index (κ2) is 6.76. The molecule has 5 heteroatoms. The molecule has 1 saturated heterocycles. The van der Waals surface area contributed by atoms with Gasteiger partial charge in [-0.25, -0.2) is 4.79 Å². The maximum Gasteiger partial charge on any atom is 0.407 e. The fourth-order valence-electron chi connectivity index (χ4n) is 2.67. The Morgan fingerprint density at radius 3 is 2.65 bits per heavy atom. The van der Waals surface area contributed by atoms with E-state index < -0.39 is 5.60 Å². The topological polar surface area (TPSA) is 53.6 Å². The van der Waals surface area contributed by atoms with E-state index in [0.717, 1.165) is 25.0 Å². The van der Waals surface area contributed by atoms with Gasteiger partial charge in [0.2, 0.25) is 0 Å². The molecule has 2 rings (SSSR count). The molecule has 2 aliphatic rings. The van der Waals surface area contributed by atoms with Gasteiger partial charge in [-0.1, -0.05) is 0 Å². The van der Waals surface area contributed by atoms with Crippen molar-refractivity contribution in [2.75, 3.05) is 32.7 Å². The average Bonchev–Trinajstić information content (AvgIpc) is 3.07. The number of carbonyl (C=O) groups is 1. The molecule has 20 heavy (non-hydrogen) atoms. The zero-order valence-electron chi connectivity index (χ0n) is 13.1. The van der Waals surface area contributed by atoms with E-state index >= 15 is 0 Å². The van der Waals surface area contributed by atoms with Crippen LogP contribution in [0, 0.1) is 5.92 Å². The first-order chi connectivity index (χ1) is 9.44. The summed E-state index contributed by atoms with van der Waals surface area (Å²) >= 11 is 0. The number of nitrogens with zero attached hydrogens (tertiary/aromatic N) is 1. The van der Waals surface area contributed by atoms with Crippen LogP contribution in [0.2, 0.25) is 0 Å². The molecule has 0 bridgehead atoms. The Balaban J connectivity index is 1.46. The van der Waals surface area contributed by atoms with Crippen molar-refractivity contribution in [2.45, 2.75) is 51.7 Å². The lowest BCUT2D eigenvalue weighted by Crippen LogP contribution is -2.37. The molecule has 0 aromatic carbocycles. The van der Waals surface area contributed by atoms with E-state index in [2.05, 4.69) is 15.5 Å². The van der Waals surface area contributed by atoms with E-state index in [9.17, 15) is 4.79 Å². The van der Waals surface area contributed by atoms with Crippen molar-refractivity contribution in [1.82, 2.24) is 15.5 Å². The lowest BCUT2D eigenvalue weighted by atomic mass is 10.1. The molecule has 0 radical (unpaired) electrons. The first kappa shape index (κ1) is 15.6. The summed E-state index contributed by atoms with van der Waals surface area (Å²) < 4.78 is 5.18. The Kier molecular flexibility index (Phi) is 5.27. The Morgan fingerprint density at radius 1 is 1.25 bits per heavy atom. The number of carbonyl (C=O) groups excluding carboxylic acids is 1. The highest BCUT2D eigenvalue weighted by Crippen LogP contribution is 2.31. The van der Waals surface area contributed by atoms with Crippen LogP contribution >= 0.6 is 0 Å². The van der Waals surface area contributed by atoms with E-state index in [1.54, 1.807) is 0 Å². The zero-order valence-corrected chi connectivity index (χ0v) is 13.1. The van der Waals surface area contributed by atoms with Crippen LogP contribution in [0.1, 0.15) is 40.0 Å². The lowest BCUT2D eigenvalue weighted by molar-refractivity contribution is 0.0528. The van der Waals surface area contributed by atoms with E-state index in [0.29, 0.717) is 6.54 Å². The highest BCUT2D eigenvalue weighted by Gasteiger charge is 2.33. The molecule has 1 unspecified atom stereocenters. The molecule has 2 fully saturated rings. The van der Waals surface area contributed by atoms with E-state index in [-0.39, 0.29) is 6.09 Å². The number of rotatable bonds is 6. The van der Waals surface area contributed by atoms with Crippen LogP contribution in [0.25, 0.3) is 0 Å². The van der Waals surface area contributed by atoms with Crippen molar-refractivity contribution in [2.24, 2.45) is 5.92 Å². The molecule has 1 heterocycles. The lowest BCUT2D eigenvalue weighted by Gasteiger charge is -2.20. The summed E-state index contributed by atoms with van der Waals surface area (Å²) in [5.74, 6) is 0.775. The minimum atomic E-state index is -0.423. The third-order valence-corrected chi connectivity index (χ3v) is 3.78. The van der Waals surface area contributed by atoms with Gasteiger partial charge in [0, 0.05) is 25.7 Å². The monoisotopic (exact) mass is 283 g/mol. The fraction of sp³-hybridized carbons (Fsp3) is 0.933. The van der Waals surface area contributed by atoms with Gasteiger partial charge in [-0.15, -0.1) is 0 Å². The highest BCUT2D eigenvalue weighted by atomic mass is 16.6. The molecule has 5 nitrogen and oxygen atoms in total. The van der Waals surface area contributed by atoms with Crippen LogP contribution in [-0.4, -0.2) is 55.4 Å². The second-order valence-corrected chi connectivity index (χ2v) is 7.01. The van der Waals surface area contributed by atoms with E-state index in [1.165, 1.54) is 32.4 Å². The molecule has 1 amide bonds. The summed E-state index contributed by atoms with van der Waals surface area (Å²) in [6.45, 7) is 10.6. The van der Waals surface area contributed by atoms with Crippen molar-refractivity contribution in [3.05, 3.63) is 0 Å². The van der Waals surface area contributed by atoms with Crippen LogP contribution in [-0.2, 0) is 4.74 Å². The minimum absolute atomic E-state index is 0.333. The van der Waals surface area contributed by atoms with Gasteiger partial charge in [0.25, 0.3) is 0 Å². The SMILES string of the molecule is CC(C)(C)OC(=O)NCCNCC1CCN(C2CC2)C1. The van der Waals surface area contributed by atoms with E-state index in [1.807, 2.05) is 20.8 Å². The quantitative estimate of drug-likeness (QED) is 0.727. The summed E-state index contributed by atoms with van der Waals surface area (Å²) in [5, 5.41) is 6.20. The Morgan fingerprint density at radius 2 is 2.00 bits per heavy atom. The standard InChI is InChI=1S/C15H29N3O2/c1-15(2,3)20-14(19)17-8-7-16-10-12-6-9-18(11-12)13-4-5-13/h12-13,16H,4-11H2,1-3H3,(H,17,19). The average molecular weight is 283 g/mol. The number of hydrogen-bond acceptors (Lipinski definition) is 4. The van der Waals surface area contributed by atoms with Crippen LogP contribution in [0.3, 0.4) is 0 Å². The third kappa shape index (κ3) is 5.67. The van der Waals surface area contributed by atoms with Crippen molar-refractivity contribution >= 4 is 6.09 Å². The molecule has 1 atom stereocenters. The first-order valence-corrected chi connectivity index (χ1v) is 7.85. The van der Waals surface area contributed by atoms with Crippen LogP contribution in [0.4, 0.5) is 4.79 Å². The van der Waals surface area contributed by atoms with Gasteiger partial charge in [0.1, 0.15) is 5.60 Å². The Hall–Kier alpha value is -0.810. The zero-order chi connectivity index (χ0) is 14.6. The molecule has 0 spiro atoms. The molecular weight excluding hydrogens is 254 g/mol. The molecule has 116 valence electrons.